The summed E-state index contributed by atoms with van der Waals surface area (Å²) in [6.07, 6.45) is 9.66. The van der Waals surface area contributed by atoms with Gasteiger partial charge in [0.05, 0.1) is 17.2 Å². The minimum absolute atomic E-state index is 0.0613. The highest BCUT2D eigenvalue weighted by molar-refractivity contribution is 7.09. The predicted molar refractivity (Wildman–Crippen MR) is 97.1 cm³/mol. The lowest BCUT2D eigenvalue weighted by atomic mass is 9.94. The predicted octanol–water partition coefficient (Wildman–Crippen LogP) is 4.47. The number of thiazole rings is 1. The number of carbonyl (C=O) groups is 1. The molecule has 5 heteroatoms. The van der Waals surface area contributed by atoms with Gasteiger partial charge in [0.1, 0.15) is 5.69 Å². The van der Waals surface area contributed by atoms with Gasteiger partial charge in [0.15, 0.2) is 0 Å². The Balaban J connectivity index is 1.80. The Bertz CT molecular complexity index is 650. The molecular formula is C19H25N3OS. The molecule has 0 aromatic carbocycles. The van der Waals surface area contributed by atoms with Crippen LogP contribution in [0, 0.1) is 0 Å². The molecule has 24 heavy (non-hydrogen) atoms. The highest BCUT2D eigenvalue weighted by atomic mass is 32.1. The molecule has 1 aliphatic rings. The van der Waals surface area contributed by atoms with Crippen molar-refractivity contribution in [1.29, 1.82) is 0 Å². The Hall–Kier alpha value is -1.75. The van der Waals surface area contributed by atoms with Crippen LogP contribution in [0.4, 0.5) is 0 Å². The van der Waals surface area contributed by atoms with Gasteiger partial charge in [0, 0.05) is 17.6 Å². The van der Waals surface area contributed by atoms with E-state index in [1.165, 1.54) is 19.3 Å². The van der Waals surface area contributed by atoms with Gasteiger partial charge in [-0.3, -0.25) is 9.78 Å². The molecule has 0 atom stereocenters. The van der Waals surface area contributed by atoms with Gasteiger partial charge < -0.3 is 4.90 Å². The Kier molecular flexibility index (Phi) is 5.96. The van der Waals surface area contributed by atoms with E-state index >= 15 is 0 Å². The van der Waals surface area contributed by atoms with Gasteiger partial charge in [-0.1, -0.05) is 32.3 Å². The molecule has 2 heterocycles. The number of hydrogen-bond acceptors (Lipinski definition) is 4. The van der Waals surface area contributed by atoms with E-state index in [2.05, 4.69) is 16.9 Å². The van der Waals surface area contributed by atoms with E-state index in [1.807, 2.05) is 28.5 Å². The first-order valence-corrected chi connectivity index (χ1v) is 9.81. The third-order valence-electron chi connectivity index (χ3n) is 4.57. The fourth-order valence-electron chi connectivity index (χ4n) is 3.31. The van der Waals surface area contributed by atoms with Crippen LogP contribution in [0.5, 0.6) is 0 Å². The zero-order chi connectivity index (χ0) is 16.8. The van der Waals surface area contributed by atoms with Gasteiger partial charge in [0.25, 0.3) is 5.91 Å². The van der Waals surface area contributed by atoms with Crippen LogP contribution in [0.1, 0.15) is 66.6 Å². The summed E-state index contributed by atoms with van der Waals surface area (Å²) in [4.78, 5) is 24.1. The normalized spacial score (nSPS) is 15.4. The Morgan fingerprint density at radius 1 is 1.29 bits per heavy atom. The van der Waals surface area contributed by atoms with E-state index < -0.39 is 0 Å². The smallest absolute Gasteiger partial charge is 0.273 e. The first-order chi connectivity index (χ1) is 11.8. The zero-order valence-corrected chi connectivity index (χ0v) is 15.1. The summed E-state index contributed by atoms with van der Waals surface area (Å²) in [5, 5.41) is 2.98. The number of nitrogens with zero attached hydrogens (tertiary/aromatic N) is 3. The van der Waals surface area contributed by atoms with Crippen molar-refractivity contribution in [3.63, 3.8) is 0 Å². The summed E-state index contributed by atoms with van der Waals surface area (Å²) < 4.78 is 0. The fraction of sp³-hybridized carbons (Fsp3) is 0.526. The number of hydrogen-bond donors (Lipinski definition) is 0. The number of rotatable bonds is 6. The average molecular weight is 343 g/mol. The Labute approximate surface area is 147 Å². The molecule has 1 saturated carbocycles. The summed E-state index contributed by atoms with van der Waals surface area (Å²) in [5.41, 5.74) is 1.55. The average Bonchev–Trinajstić information content (AvgIpc) is 3.10. The zero-order valence-electron chi connectivity index (χ0n) is 14.3. The van der Waals surface area contributed by atoms with E-state index in [1.54, 1.807) is 17.5 Å². The van der Waals surface area contributed by atoms with Gasteiger partial charge >= 0.3 is 0 Å². The van der Waals surface area contributed by atoms with Crippen molar-refractivity contribution in [1.82, 2.24) is 14.9 Å². The molecule has 0 unspecified atom stereocenters. The van der Waals surface area contributed by atoms with Crippen molar-refractivity contribution in [2.24, 2.45) is 0 Å². The molecule has 0 N–H and O–H groups in total. The molecule has 3 rings (SSSR count). The number of carbonyl (C=O) groups excluding carboxylic acids is 1. The minimum atomic E-state index is 0.0613. The SMILES string of the molecule is CCCc1nc(C(=O)N(Cc2ccccn2)C2CCCCC2)cs1. The standard InChI is InChI=1S/C19H25N3OS/c1-2-8-18-21-17(14-24-18)19(23)22(16-10-4-3-5-11-16)13-15-9-6-7-12-20-15/h6-7,9,12,14,16H,2-5,8,10-11,13H2,1H3. The molecule has 2 aromatic rings. The third-order valence-corrected chi connectivity index (χ3v) is 5.48. The largest absolute Gasteiger partial charge is 0.328 e. The first-order valence-electron chi connectivity index (χ1n) is 8.93. The quantitative estimate of drug-likeness (QED) is 0.777. The molecule has 0 bridgehead atoms. The topological polar surface area (TPSA) is 46.1 Å². The summed E-state index contributed by atoms with van der Waals surface area (Å²) in [6.45, 7) is 2.71. The maximum Gasteiger partial charge on any atom is 0.273 e. The molecule has 2 aromatic heterocycles. The van der Waals surface area contributed by atoms with Crippen LogP contribution in [0.15, 0.2) is 29.8 Å². The molecule has 0 radical (unpaired) electrons. The molecule has 0 aliphatic heterocycles. The molecule has 0 spiro atoms. The monoisotopic (exact) mass is 343 g/mol. The van der Waals surface area contributed by atoms with Crippen molar-refractivity contribution in [3.05, 3.63) is 46.2 Å². The van der Waals surface area contributed by atoms with E-state index in [-0.39, 0.29) is 5.91 Å². The van der Waals surface area contributed by atoms with Crippen LogP contribution in [-0.4, -0.2) is 26.8 Å². The van der Waals surface area contributed by atoms with Crippen molar-refractivity contribution in [2.45, 2.75) is 64.5 Å². The highest BCUT2D eigenvalue weighted by Gasteiger charge is 2.28. The lowest BCUT2D eigenvalue weighted by molar-refractivity contribution is 0.0605. The maximum absolute atomic E-state index is 13.1. The lowest BCUT2D eigenvalue weighted by Crippen LogP contribution is -2.41. The number of pyridine rings is 1. The second kappa shape index (κ2) is 8.38. The maximum atomic E-state index is 13.1. The lowest BCUT2D eigenvalue weighted by Gasteiger charge is -2.33. The molecule has 4 nitrogen and oxygen atoms in total. The van der Waals surface area contributed by atoms with E-state index in [9.17, 15) is 4.79 Å². The summed E-state index contributed by atoms with van der Waals surface area (Å²) >= 11 is 1.60. The van der Waals surface area contributed by atoms with Crippen LogP contribution in [-0.2, 0) is 13.0 Å². The van der Waals surface area contributed by atoms with Gasteiger partial charge in [-0.25, -0.2) is 4.98 Å². The highest BCUT2D eigenvalue weighted by Crippen LogP contribution is 2.26. The van der Waals surface area contributed by atoms with Gasteiger partial charge in [-0.2, -0.15) is 0 Å². The van der Waals surface area contributed by atoms with Crippen molar-refractivity contribution >= 4 is 17.2 Å². The van der Waals surface area contributed by atoms with E-state index in [4.69, 9.17) is 0 Å². The summed E-state index contributed by atoms with van der Waals surface area (Å²) in [6, 6.07) is 6.19. The minimum Gasteiger partial charge on any atom is -0.328 e. The van der Waals surface area contributed by atoms with Gasteiger partial charge in [-0.05, 0) is 37.8 Å². The Morgan fingerprint density at radius 3 is 2.83 bits per heavy atom. The molecule has 1 aliphatic carbocycles. The second-order valence-electron chi connectivity index (χ2n) is 6.42. The summed E-state index contributed by atoms with van der Waals surface area (Å²) in [5.74, 6) is 0.0613. The molecule has 1 amide bonds. The van der Waals surface area contributed by atoms with Gasteiger partial charge in [-0.15, -0.1) is 11.3 Å². The summed E-state index contributed by atoms with van der Waals surface area (Å²) in [7, 11) is 0. The van der Waals surface area contributed by atoms with Crippen molar-refractivity contribution in [3.8, 4) is 0 Å². The van der Waals surface area contributed by atoms with Crippen molar-refractivity contribution in [2.75, 3.05) is 0 Å². The number of aryl methyl sites for hydroxylation is 1. The van der Waals surface area contributed by atoms with Crippen LogP contribution in [0.2, 0.25) is 0 Å². The third kappa shape index (κ3) is 4.20. The molecule has 1 fully saturated rings. The fourth-order valence-corrected chi connectivity index (χ4v) is 4.18. The van der Waals surface area contributed by atoms with Crippen LogP contribution >= 0.6 is 11.3 Å². The van der Waals surface area contributed by atoms with Gasteiger partial charge in [0.2, 0.25) is 0 Å². The van der Waals surface area contributed by atoms with Crippen LogP contribution in [0.3, 0.4) is 0 Å². The molecule has 128 valence electrons. The van der Waals surface area contributed by atoms with E-state index in [0.717, 1.165) is 36.4 Å². The number of amides is 1. The van der Waals surface area contributed by atoms with E-state index in [0.29, 0.717) is 18.3 Å². The van der Waals surface area contributed by atoms with Crippen molar-refractivity contribution < 1.29 is 4.79 Å². The molecular weight excluding hydrogens is 318 g/mol. The first kappa shape index (κ1) is 17.1. The number of aromatic nitrogens is 2. The molecule has 0 saturated heterocycles. The van der Waals surface area contributed by atoms with Crippen LogP contribution in [0.25, 0.3) is 0 Å². The van der Waals surface area contributed by atoms with Crippen LogP contribution < -0.4 is 0 Å². The Morgan fingerprint density at radius 2 is 2.12 bits per heavy atom. The second-order valence-corrected chi connectivity index (χ2v) is 7.37.